The fourth-order valence-corrected chi connectivity index (χ4v) is 4.00. The monoisotopic (exact) mass is 421 g/mol. The van der Waals surface area contributed by atoms with Gasteiger partial charge in [-0.1, -0.05) is 35.0 Å². The summed E-state index contributed by atoms with van der Waals surface area (Å²) in [6.45, 7) is 7.54. The minimum Gasteiger partial charge on any atom is -0.339 e. The first kappa shape index (κ1) is 19.9. The van der Waals surface area contributed by atoms with E-state index in [2.05, 4.69) is 44.4 Å². The summed E-state index contributed by atoms with van der Waals surface area (Å²) in [5.41, 5.74) is 3.60. The molecule has 2 aromatic heterocycles. The van der Waals surface area contributed by atoms with Gasteiger partial charge in [-0.05, 0) is 31.9 Å². The number of hydrogen-bond donors (Lipinski definition) is 0. The molecule has 31 heavy (non-hydrogen) atoms. The standard InChI is InChI=1S/C22H27N7O2/c1-3-19-23-18(25-31-19)14-27-10-12-28(13-11-27)22(30)20-21(16-6-7-16)29(26-24-20)17-8-4-15(2)5-9-17/h4-5,8-9,16H,3,6-7,10-14H2,1-2H3. The summed E-state index contributed by atoms with van der Waals surface area (Å²) in [4.78, 5) is 21.8. The molecule has 2 fully saturated rings. The molecule has 1 aliphatic carbocycles. The predicted molar refractivity (Wildman–Crippen MR) is 113 cm³/mol. The van der Waals surface area contributed by atoms with Gasteiger partial charge in [-0.3, -0.25) is 9.69 Å². The van der Waals surface area contributed by atoms with Crippen LogP contribution in [0.4, 0.5) is 0 Å². The second-order valence-electron chi connectivity index (χ2n) is 8.37. The molecule has 9 heteroatoms. The molecule has 9 nitrogen and oxygen atoms in total. The maximum atomic E-state index is 13.3. The molecular formula is C22H27N7O2. The lowest BCUT2D eigenvalue weighted by Crippen LogP contribution is -2.48. The van der Waals surface area contributed by atoms with Gasteiger partial charge in [0, 0.05) is 38.5 Å². The Hall–Kier alpha value is -3.07. The van der Waals surface area contributed by atoms with E-state index in [1.807, 2.05) is 28.6 Å². The number of hydrogen-bond acceptors (Lipinski definition) is 7. The number of aryl methyl sites for hydroxylation is 2. The fraction of sp³-hybridized carbons (Fsp3) is 0.500. The Labute approximate surface area is 181 Å². The number of rotatable bonds is 6. The van der Waals surface area contributed by atoms with Gasteiger partial charge in [0.2, 0.25) is 5.89 Å². The Morgan fingerprint density at radius 1 is 1.13 bits per heavy atom. The van der Waals surface area contributed by atoms with Gasteiger partial charge in [0.15, 0.2) is 11.5 Å². The molecule has 162 valence electrons. The summed E-state index contributed by atoms with van der Waals surface area (Å²) in [5, 5.41) is 12.7. The van der Waals surface area contributed by atoms with Crippen molar-refractivity contribution in [3.8, 4) is 5.69 Å². The summed E-state index contributed by atoms with van der Waals surface area (Å²) >= 11 is 0. The zero-order chi connectivity index (χ0) is 21.4. The predicted octanol–water partition coefficient (Wildman–Crippen LogP) is 2.36. The van der Waals surface area contributed by atoms with E-state index >= 15 is 0 Å². The molecule has 1 saturated carbocycles. The molecule has 3 aromatic rings. The topological polar surface area (TPSA) is 93.2 Å². The lowest BCUT2D eigenvalue weighted by Gasteiger charge is -2.33. The average Bonchev–Trinajstić information content (AvgIpc) is 3.37. The zero-order valence-corrected chi connectivity index (χ0v) is 18.0. The van der Waals surface area contributed by atoms with Crippen LogP contribution in [0.15, 0.2) is 28.8 Å². The first-order valence-electron chi connectivity index (χ1n) is 11.0. The van der Waals surface area contributed by atoms with Crippen LogP contribution in [0.1, 0.15) is 59.1 Å². The van der Waals surface area contributed by atoms with Crippen LogP contribution in [0.2, 0.25) is 0 Å². The van der Waals surface area contributed by atoms with Crippen molar-refractivity contribution in [1.29, 1.82) is 0 Å². The van der Waals surface area contributed by atoms with E-state index in [0.29, 0.717) is 43.0 Å². The van der Waals surface area contributed by atoms with Crippen molar-refractivity contribution in [2.75, 3.05) is 26.2 Å². The minimum absolute atomic E-state index is 0.0206. The molecular weight excluding hydrogens is 394 g/mol. The molecule has 1 saturated heterocycles. The third-order valence-electron chi connectivity index (χ3n) is 5.99. The Morgan fingerprint density at radius 3 is 2.52 bits per heavy atom. The molecule has 0 bridgehead atoms. The van der Waals surface area contributed by atoms with Crippen LogP contribution in [-0.4, -0.2) is 67.0 Å². The molecule has 0 atom stereocenters. The largest absolute Gasteiger partial charge is 0.339 e. The number of nitrogens with zero attached hydrogens (tertiary/aromatic N) is 7. The van der Waals surface area contributed by atoms with Gasteiger partial charge in [-0.2, -0.15) is 4.98 Å². The zero-order valence-electron chi connectivity index (χ0n) is 18.0. The number of carbonyl (C=O) groups is 1. The first-order valence-corrected chi connectivity index (χ1v) is 11.0. The molecule has 0 N–H and O–H groups in total. The molecule has 0 spiro atoms. The van der Waals surface area contributed by atoms with E-state index in [9.17, 15) is 4.79 Å². The Kier molecular flexibility index (Phi) is 5.27. The van der Waals surface area contributed by atoms with Crippen molar-refractivity contribution < 1.29 is 9.32 Å². The van der Waals surface area contributed by atoms with Gasteiger partial charge >= 0.3 is 0 Å². The van der Waals surface area contributed by atoms with Crippen LogP contribution in [0, 0.1) is 6.92 Å². The smallest absolute Gasteiger partial charge is 0.276 e. The molecule has 3 heterocycles. The summed E-state index contributed by atoms with van der Waals surface area (Å²) in [6.07, 6.45) is 2.90. The van der Waals surface area contributed by atoms with Gasteiger partial charge in [0.25, 0.3) is 5.91 Å². The molecule has 2 aliphatic rings. The third kappa shape index (κ3) is 4.10. The summed E-state index contributed by atoms with van der Waals surface area (Å²) < 4.78 is 7.04. The third-order valence-corrected chi connectivity index (χ3v) is 5.99. The molecule has 0 unspecified atom stereocenters. The van der Waals surface area contributed by atoms with Crippen molar-refractivity contribution in [2.45, 2.75) is 45.6 Å². The maximum Gasteiger partial charge on any atom is 0.276 e. The van der Waals surface area contributed by atoms with Crippen molar-refractivity contribution in [1.82, 2.24) is 34.9 Å². The summed E-state index contributed by atoms with van der Waals surface area (Å²) in [7, 11) is 0. The summed E-state index contributed by atoms with van der Waals surface area (Å²) in [6, 6.07) is 8.18. The van der Waals surface area contributed by atoms with Gasteiger partial charge in [-0.15, -0.1) is 5.10 Å². The van der Waals surface area contributed by atoms with Gasteiger partial charge < -0.3 is 9.42 Å². The van der Waals surface area contributed by atoms with E-state index in [0.717, 1.165) is 43.7 Å². The van der Waals surface area contributed by atoms with Crippen molar-refractivity contribution in [3.63, 3.8) is 0 Å². The van der Waals surface area contributed by atoms with Crippen LogP contribution < -0.4 is 0 Å². The second-order valence-corrected chi connectivity index (χ2v) is 8.37. The van der Waals surface area contributed by atoms with Gasteiger partial charge in [0.1, 0.15) is 0 Å². The van der Waals surface area contributed by atoms with Crippen molar-refractivity contribution >= 4 is 5.91 Å². The minimum atomic E-state index is -0.0206. The highest BCUT2D eigenvalue weighted by atomic mass is 16.5. The van der Waals surface area contributed by atoms with Crippen LogP contribution >= 0.6 is 0 Å². The number of aromatic nitrogens is 5. The number of carbonyl (C=O) groups excluding carboxylic acids is 1. The highest BCUT2D eigenvalue weighted by molar-refractivity contribution is 5.93. The highest BCUT2D eigenvalue weighted by Crippen LogP contribution is 2.42. The first-order chi connectivity index (χ1) is 15.1. The lowest BCUT2D eigenvalue weighted by molar-refractivity contribution is 0.0617. The molecule has 1 amide bonds. The van der Waals surface area contributed by atoms with E-state index in [4.69, 9.17) is 4.52 Å². The number of piperazine rings is 1. The average molecular weight is 422 g/mol. The van der Waals surface area contributed by atoms with E-state index in [1.165, 1.54) is 5.56 Å². The van der Waals surface area contributed by atoms with Crippen LogP contribution in [0.5, 0.6) is 0 Å². The lowest BCUT2D eigenvalue weighted by atomic mass is 10.1. The van der Waals surface area contributed by atoms with Crippen molar-refractivity contribution in [2.24, 2.45) is 0 Å². The maximum absolute atomic E-state index is 13.3. The van der Waals surface area contributed by atoms with Crippen molar-refractivity contribution in [3.05, 3.63) is 52.9 Å². The summed E-state index contributed by atoms with van der Waals surface area (Å²) in [5.74, 6) is 1.71. The molecule has 0 radical (unpaired) electrons. The van der Waals surface area contributed by atoms with Gasteiger partial charge in [0.05, 0.1) is 17.9 Å². The fourth-order valence-electron chi connectivity index (χ4n) is 4.00. The second kappa shape index (κ2) is 8.22. The van der Waals surface area contributed by atoms with E-state index < -0.39 is 0 Å². The van der Waals surface area contributed by atoms with E-state index in [-0.39, 0.29) is 5.91 Å². The Morgan fingerprint density at radius 2 is 1.87 bits per heavy atom. The quantitative estimate of drug-likeness (QED) is 0.603. The molecule has 1 aliphatic heterocycles. The van der Waals surface area contributed by atoms with Crippen LogP contribution in [0.3, 0.4) is 0 Å². The normalized spacial score (nSPS) is 17.3. The highest BCUT2D eigenvalue weighted by Gasteiger charge is 2.36. The van der Waals surface area contributed by atoms with Crippen LogP contribution in [-0.2, 0) is 13.0 Å². The number of amides is 1. The van der Waals surface area contributed by atoms with E-state index in [1.54, 1.807) is 0 Å². The SMILES string of the molecule is CCc1nc(CN2CCN(C(=O)c3nnn(-c4ccc(C)cc4)c3C3CC3)CC2)no1. The van der Waals surface area contributed by atoms with Crippen LogP contribution in [0.25, 0.3) is 5.69 Å². The Balaban J connectivity index is 1.28. The molecule has 5 rings (SSSR count). The van der Waals surface area contributed by atoms with Gasteiger partial charge in [-0.25, -0.2) is 4.68 Å². The number of benzene rings is 1. The molecule has 1 aromatic carbocycles. The Bertz CT molecular complexity index is 1060.